The van der Waals surface area contributed by atoms with Crippen molar-refractivity contribution in [3.63, 3.8) is 0 Å². The first-order valence-corrected chi connectivity index (χ1v) is 5.68. The van der Waals surface area contributed by atoms with Gasteiger partial charge < -0.3 is 5.11 Å². The van der Waals surface area contributed by atoms with Crippen LogP contribution in [0.2, 0.25) is 0 Å². The van der Waals surface area contributed by atoms with E-state index in [-0.39, 0.29) is 6.54 Å². The van der Waals surface area contributed by atoms with E-state index in [2.05, 4.69) is 0 Å². The molecule has 0 bridgehead atoms. The van der Waals surface area contributed by atoms with Gasteiger partial charge in [0.1, 0.15) is 0 Å². The highest BCUT2D eigenvalue weighted by molar-refractivity contribution is 6.04. The number of rotatable bonds is 2. The van der Waals surface area contributed by atoms with Crippen LogP contribution >= 0.6 is 0 Å². The molecule has 7 heteroatoms. The predicted molar refractivity (Wildman–Crippen MR) is 59.5 cm³/mol. The Morgan fingerprint density at radius 2 is 1.79 bits per heavy atom. The lowest BCUT2D eigenvalue weighted by Gasteiger charge is -2.26. The Morgan fingerprint density at radius 1 is 1.16 bits per heavy atom. The molecule has 1 aromatic carbocycles. The number of hydrogen-bond acceptors (Lipinski definition) is 3. The van der Waals surface area contributed by atoms with E-state index in [1.807, 2.05) is 0 Å². The average Bonchev–Trinajstić information content (AvgIpc) is 2.41. The highest BCUT2D eigenvalue weighted by Gasteiger charge is 2.26. The Bertz CT molecular complexity index is 527. The molecule has 0 spiro atoms. The lowest BCUT2D eigenvalue weighted by atomic mass is 10.1. The van der Waals surface area contributed by atoms with E-state index >= 15 is 0 Å². The Hall–Kier alpha value is -2.02. The lowest BCUT2D eigenvalue weighted by molar-refractivity contribution is -0.144. The summed E-state index contributed by atoms with van der Waals surface area (Å²) in [6.45, 7) is 0.620. The van der Waals surface area contributed by atoms with Crippen LogP contribution in [0, 0.1) is 11.6 Å². The number of carbonyl (C=O) groups is 2. The van der Waals surface area contributed by atoms with E-state index < -0.39 is 34.6 Å². The number of halogens is 2. The zero-order valence-corrected chi connectivity index (χ0v) is 9.86. The van der Waals surface area contributed by atoms with Crippen LogP contribution in [0.1, 0.15) is 33.6 Å². The van der Waals surface area contributed by atoms with E-state index in [1.165, 1.54) is 0 Å². The van der Waals surface area contributed by atoms with E-state index in [4.69, 9.17) is 9.94 Å². The standard InChI is InChI=1S/C12H11F2NO4/c13-9-5-7(8(12(17)18)6-10(9)14)11(16)15-3-1-2-4-19-15/h5-6H,1-4H2,(H,17,18). The van der Waals surface area contributed by atoms with Gasteiger partial charge in [-0.3, -0.25) is 9.63 Å². The zero-order valence-electron chi connectivity index (χ0n) is 9.86. The summed E-state index contributed by atoms with van der Waals surface area (Å²) in [6.07, 6.45) is 1.49. The fourth-order valence-electron chi connectivity index (χ4n) is 1.79. The van der Waals surface area contributed by atoms with Gasteiger partial charge in [0.05, 0.1) is 17.7 Å². The van der Waals surface area contributed by atoms with Crippen molar-refractivity contribution in [2.75, 3.05) is 13.2 Å². The second kappa shape index (κ2) is 5.31. The maximum absolute atomic E-state index is 13.2. The molecule has 0 saturated carbocycles. The van der Waals surface area contributed by atoms with Crippen molar-refractivity contribution < 1.29 is 28.3 Å². The van der Waals surface area contributed by atoms with Crippen molar-refractivity contribution in [3.05, 3.63) is 34.9 Å². The molecule has 1 amide bonds. The summed E-state index contributed by atoms with van der Waals surface area (Å²) >= 11 is 0. The molecule has 1 aliphatic heterocycles. The lowest BCUT2D eigenvalue weighted by Crippen LogP contribution is -2.36. The molecule has 0 aliphatic carbocycles. The summed E-state index contributed by atoms with van der Waals surface area (Å²) in [5.74, 6) is -4.87. The Labute approximate surface area is 107 Å². The molecule has 1 saturated heterocycles. The van der Waals surface area contributed by atoms with Crippen molar-refractivity contribution in [2.45, 2.75) is 12.8 Å². The number of benzene rings is 1. The third-order valence-corrected chi connectivity index (χ3v) is 2.75. The third-order valence-electron chi connectivity index (χ3n) is 2.75. The van der Waals surface area contributed by atoms with Crippen LogP contribution in [0.4, 0.5) is 8.78 Å². The molecule has 0 atom stereocenters. The van der Waals surface area contributed by atoms with Crippen LogP contribution in [-0.4, -0.2) is 35.2 Å². The summed E-state index contributed by atoms with van der Waals surface area (Å²) in [6, 6.07) is 1.08. The minimum atomic E-state index is -1.50. The van der Waals surface area contributed by atoms with Gasteiger partial charge in [0.2, 0.25) is 0 Å². The number of nitrogens with zero attached hydrogens (tertiary/aromatic N) is 1. The number of amides is 1. The SMILES string of the molecule is O=C(O)c1cc(F)c(F)cc1C(=O)N1CCCCO1. The summed E-state index contributed by atoms with van der Waals surface area (Å²) in [4.78, 5) is 28.1. The number of hydroxylamine groups is 2. The molecule has 5 nitrogen and oxygen atoms in total. The summed E-state index contributed by atoms with van der Waals surface area (Å²) in [5, 5.41) is 9.90. The van der Waals surface area contributed by atoms with Gasteiger partial charge >= 0.3 is 5.97 Å². The quantitative estimate of drug-likeness (QED) is 0.891. The van der Waals surface area contributed by atoms with Gasteiger partial charge in [0.15, 0.2) is 11.6 Å². The second-order valence-electron chi connectivity index (χ2n) is 4.06. The molecule has 1 fully saturated rings. The summed E-state index contributed by atoms with van der Waals surface area (Å²) in [7, 11) is 0. The second-order valence-corrected chi connectivity index (χ2v) is 4.06. The fraction of sp³-hybridized carbons (Fsp3) is 0.333. The zero-order chi connectivity index (χ0) is 14.0. The number of carbonyl (C=O) groups excluding carboxylic acids is 1. The molecule has 0 aromatic heterocycles. The van der Waals surface area contributed by atoms with Gasteiger partial charge in [0.25, 0.3) is 5.91 Å². The maximum atomic E-state index is 13.2. The largest absolute Gasteiger partial charge is 0.478 e. The van der Waals surface area contributed by atoms with Crippen LogP contribution in [0.15, 0.2) is 12.1 Å². The van der Waals surface area contributed by atoms with Crippen molar-refractivity contribution in [1.29, 1.82) is 0 Å². The summed E-state index contributed by atoms with van der Waals surface area (Å²) < 4.78 is 26.2. The topological polar surface area (TPSA) is 66.8 Å². The number of aromatic carboxylic acids is 1. The van der Waals surface area contributed by atoms with Crippen LogP contribution in [0.3, 0.4) is 0 Å². The predicted octanol–water partition coefficient (Wildman–Crippen LogP) is 1.83. The molecular weight excluding hydrogens is 260 g/mol. The van der Waals surface area contributed by atoms with Crippen molar-refractivity contribution in [2.24, 2.45) is 0 Å². The average molecular weight is 271 g/mol. The van der Waals surface area contributed by atoms with Gasteiger partial charge in [-0.15, -0.1) is 0 Å². The van der Waals surface area contributed by atoms with Gasteiger partial charge in [-0.05, 0) is 25.0 Å². The van der Waals surface area contributed by atoms with E-state index in [0.717, 1.165) is 11.5 Å². The van der Waals surface area contributed by atoms with Gasteiger partial charge in [-0.25, -0.2) is 18.6 Å². The smallest absolute Gasteiger partial charge is 0.336 e. The van der Waals surface area contributed by atoms with E-state index in [1.54, 1.807) is 0 Å². The minimum Gasteiger partial charge on any atom is -0.478 e. The van der Waals surface area contributed by atoms with Gasteiger partial charge in [0, 0.05) is 6.54 Å². The highest BCUT2D eigenvalue weighted by Crippen LogP contribution is 2.19. The minimum absolute atomic E-state index is 0.289. The Balaban J connectivity index is 2.39. The monoisotopic (exact) mass is 271 g/mol. The molecule has 0 radical (unpaired) electrons. The normalized spacial score (nSPS) is 15.4. The summed E-state index contributed by atoms with van der Waals surface area (Å²) in [5.41, 5.74) is -1.01. The first-order valence-electron chi connectivity index (χ1n) is 5.68. The molecule has 1 heterocycles. The van der Waals surface area contributed by atoms with Crippen LogP contribution in [-0.2, 0) is 4.84 Å². The first kappa shape index (κ1) is 13.4. The first-order chi connectivity index (χ1) is 9.00. The molecule has 19 heavy (non-hydrogen) atoms. The number of hydrogen-bond donors (Lipinski definition) is 1. The number of carboxylic acid groups (broad SMARTS) is 1. The van der Waals surface area contributed by atoms with Crippen LogP contribution in [0.25, 0.3) is 0 Å². The molecular formula is C12H11F2NO4. The molecule has 1 aromatic rings. The third kappa shape index (κ3) is 2.70. The number of carboxylic acids is 1. The molecule has 1 N–H and O–H groups in total. The molecule has 2 rings (SSSR count). The van der Waals surface area contributed by atoms with Crippen LogP contribution in [0.5, 0.6) is 0 Å². The van der Waals surface area contributed by atoms with Gasteiger partial charge in [-0.2, -0.15) is 0 Å². The van der Waals surface area contributed by atoms with E-state index in [0.29, 0.717) is 25.2 Å². The highest BCUT2D eigenvalue weighted by atomic mass is 19.2. The van der Waals surface area contributed by atoms with Crippen molar-refractivity contribution in [3.8, 4) is 0 Å². The molecule has 102 valence electrons. The van der Waals surface area contributed by atoms with Crippen LogP contribution < -0.4 is 0 Å². The Morgan fingerprint density at radius 3 is 2.32 bits per heavy atom. The van der Waals surface area contributed by atoms with Crippen molar-refractivity contribution in [1.82, 2.24) is 5.06 Å². The van der Waals surface area contributed by atoms with Gasteiger partial charge in [-0.1, -0.05) is 0 Å². The maximum Gasteiger partial charge on any atom is 0.336 e. The molecule has 1 aliphatic rings. The van der Waals surface area contributed by atoms with Crippen molar-refractivity contribution >= 4 is 11.9 Å². The Kier molecular flexibility index (Phi) is 3.75. The van der Waals surface area contributed by atoms with E-state index in [9.17, 15) is 18.4 Å². The molecule has 0 unspecified atom stereocenters. The fourth-order valence-corrected chi connectivity index (χ4v) is 1.79.